The molecule has 1 unspecified atom stereocenters. The summed E-state index contributed by atoms with van der Waals surface area (Å²) in [5.41, 5.74) is 0.643. The van der Waals surface area contributed by atoms with E-state index in [9.17, 15) is 13.0 Å². The molecule has 18 heavy (non-hydrogen) atoms. The Labute approximate surface area is 111 Å². The van der Waals surface area contributed by atoms with Crippen LogP contribution < -0.4 is 0 Å². The van der Waals surface area contributed by atoms with Gasteiger partial charge in [-0.25, -0.2) is 8.78 Å². The lowest BCUT2D eigenvalue weighted by molar-refractivity contribution is 0.622. The van der Waals surface area contributed by atoms with Gasteiger partial charge in [0, 0.05) is 4.90 Å². The molecule has 0 spiro atoms. The smallest absolute Gasteiger partial charge is 0.141 e. The highest BCUT2D eigenvalue weighted by atomic mass is 35.5. The fourth-order valence-electron chi connectivity index (χ4n) is 1.47. The van der Waals surface area contributed by atoms with Gasteiger partial charge in [-0.1, -0.05) is 23.7 Å². The molecule has 1 atom stereocenters. The van der Waals surface area contributed by atoms with Crippen molar-refractivity contribution >= 4 is 22.4 Å². The number of benzene rings is 2. The Morgan fingerprint density at radius 3 is 2.56 bits per heavy atom. The summed E-state index contributed by atoms with van der Waals surface area (Å²) in [6.45, 7) is 0. The van der Waals surface area contributed by atoms with Crippen molar-refractivity contribution in [3.63, 3.8) is 0 Å². The van der Waals surface area contributed by atoms with Gasteiger partial charge in [-0.15, -0.1) is 0 Å². The number of rotatable bonds is 3. The van der Waals surface area contributed by atoms with Crippen molar-refractivity contribution in [2.45, 2.75) is 10.6 Å². The van der Waals surface area contributed by atoms with E-state index < -0.39 is 22.4 Å². The molecule has 0 aliphatic rings. The second-order valence-electron chi connectivity index (χ2n) is 3.70. The van der Waals surface area contributed by atoms with Gasteiger partial charge in [-0.05, 0) is 35.9 Å². The zero-order chi connectivity index (χ0) is 13.1. The second-order valence-corrected chi connectivity index (χ2v) is 5.55. The number of hydrogen-bond acceptors (Lipinski definition) is 1. The maximum atomic E-state index is 13.0. The van der Waals surface area contributed by atoms with E-state index in [1.165, 1.54) is 36.4 Å². The molecule has 0 N–H and O–H groups in total. The molecule has 2 rings (SSSR count). The van der Waals surface area contributed by atoms with Crippen LogP contribution in [-0.4, -0.2) is 4.21 Å². The quantitative estimate of drug-likeness (QED) is 0.836. The first kappa shape index (κ1) is 13.2. The van der Waals surface area contributed by atoms with E-state index in [0.717, 1.165) is 0 Å². The summed E-state index contributed by atoms with van der Waals surface area (Å²) in [6.07, 6.45) is 0. The van der Waals surface area contributed by atoms with E-state index in [1.807, 2.05) is 0 Å². The molecule has 0 amide bonds. The molecule has 94 valence electrons. The van der Waals surface area contributed by atoms with Crippen LogP contribution in [-0.2, 0) is 16.6 Å². The van der Waals surface area contributed by atoms with Crippen molar-refractivity contribution in [1.82, 2.24) is 0 Å². The molecule has 0 saturated heterocycles. The summed E-state index contributed by atoms with van der Waals surface area (Å²) in [5.74, 6) is -0.779. The monoisotopic (exact) mass is 286 g/mol. The van der Waals surface area contributed by atoms with Crippen LogP contribution in [0.5, 0.6) is 0 Å². The topological polar surface area (TPSA) is 17.1 Å². The third-order valence-corrected chi connectivity index (χ3v) is 4.01. The standard InChI is InChI=1S/C13H9ClF2OS/c14-12-6-9(4-5-13(12)16)8-18(17)11-3-1-2-10(15)7-11/h1-7H,8H2. The van der Waals surface area contributed by atoms with E-state index >= 15 is 0 Å². The highest BCUT2D eigenvalue weighted by molar-refractivity contribution is 7.84. The van der Waals surface area contributed by atoms with Crippen LogP contribution in [0.25, 0.3) is 0 Å². The maximum absolute atomic E-state index is 13.0. The summed E-state index contributed by atoms with van der Waals surface area (Å²) in [6, 6.07) is 9.76. The molecular formula is C13H9ClF2OS. The molecule has 2 aromatic carbocycles. The third-order valence-electron chi connectivity index (χ3n) is 2.34. The maximum Gasteiger partial charge on any atom is 0.141 e. The van der Waals surface area contributed by atoms with E-state index in [4.69, 9.17) is 11.6 Å². The van der Waals surface area contributed by atoms with Crippen LogP contribution in [0.1, 0.15) is 5.56 Å². The Kier molecular flexibility index (Phi) is 4.09. The van der Waals surface area contributed by atoms with Gasteiger partial charge in [-0.3, -0.25) is 4.21 Å². The molecule has 0 bridgehead atoms. The van der Waals surface area contributed by atoms with Crippen molar-refractivity contribution in [2.24, 2.45) is 0 Å². The number of halogens is 3. The molecule has 0 heterocycles. The average Bonchev–Trinajstić information content (AvgIpc) is 2.34. The van der Waals surface area contributed by atoms with Gasteiger partial charge in [0.1, 0.15) is 11.6 Å². The first-order valence-electron chi connectivity index (χ1n) is 5.14. The van der Waals surface area contributed by atoms with Crippen molar-refractivity contribution in [1.29, 1.82) is 0 Å². The van der Waals surface area contributed by atoms with Gasteiger partial charge in [0.2, 0.25) is 0 Å². The second kappa shape index (κ2) is 5.59. The van der Waals surface area contributed by atoms with Gasteiger partial charge in [-0.2, -0.15) is 0 Å². The highest BCUT2D eigenvalue weighted by Crippen LogP contribution is 2.19. The fourth-order valence-corrected chi connectivity index (χ4v) is 2.80. The molecule has 0 aromatic heterocycles. The Morgan fingerprint density at radius 1 is 1.11 bits per heavy atom. The summed E-state index contributed by atoms with van der Waals surface area (Å²) < 4.78 is 37.9. The first-order chi connectivity index (χ1) is 8.56. The zero-order valence-corrected chi connectivity index (χ0v) is 10.8. The SMILES string of the molecule is O=S(Cc1ccc(F)c(Cl)c1)c1cccc(F)c1. The van der Waals surface area contributed by atoms with Gasteiger partial charge < -0.3 is 0 Å². The minimum atomic E-state index is -1.38. The molecule has 0 fully saturated rings. The lowest BCUT2D eigenvalue weighted by Crippen LogP contribution is -1.97. The predicted octanol–water partition coefficient (Wildman–Crippen LogP) is 3.93. The van der Waals surface area contributed by atoms with E-state index in [-0.39, 0.29) is 10.8 Å². The minimum Gasteiger partial charge on any atom is -0.254 e. The lowest BCUT2D eigenvalue weighted by Gasteiger charge is -2.04. The Bertz CT molecular complexity index is 601. The molecule has 2 aromatic rings. The van der Waals surface area contributed by atoms with Crippen molar-refractivity contribution in [2.75, 3.05) is 0 Å². The van der Waals surface area contributed by atoms with Crippen molar-refractivity contribution in [3.8, 4) is 0 Å². The Hall–Kier alpha value is -1.26. The van der Waals surface area contributed by atoms with Crippen LogP contribution in [0, 0.1) is 11.6 Å². The molecule has 0 aliphatic carbocycles. The summed E-state index contributed by atoms with van der Waals surface area (Å²) in [4.78, 5) is 0.399. The molecule has 1 nitrogen and oxygen atoms in total. The van der Waals surface area contributed by atoms with E-state index in [1.54, 1.807) is 6.07 Å². The largest absolute Gasteiger partial charge is 0.254 e. The summed E-state index contributed by atoms with van der Waals surface area (Å²) in [5, 5.41) is -0.0104. The summed E-state index contributed by atoms with van der Waals surface area (Å²) >= 11 is 5.63. The van der Waals surface area contributed by atoms with Crippen LogP contribution in [0.2, 0.25) is 5.02 Å². The van der Waals surface area contributed by atoms with Crippen LogP contribution in [0.4, 0.5) is 8.78 Å². The fraction of sp³-hybridized carbons (Fsp3) is 0.0769. The molecule has 0 radical (unpaired) electrons. The van der Waals surface area contributed by atoms with Crippen LogP contribution in [0.15, 0.2) is 47.4 Å². The highest BCUT2D eigenvalue weighted by Gasteiger charge is 2.08. The zero-order valence-electron chi connectivity index (χ0n) is 9.20. The first-order valence-corrected chi connectivity index (χ1v) is 6.84. The van der Waals surface area contributed by atoms with Crippen LogP contribution in [0.3, 0.4) is 0 Å². The Balaban J connectivity index is 2.18. The Morgan fingerprint density at radius 2 is 1.89 bits per heavy atom. The van der Waals surface area contributed by atoms with Gasteiger partial charge in [0.05, 0.1) is 21.6 Å². The molecule has 0 aliphatic heterocycles. The van der Waals surface area contributed by atoms with Crippen LogP contribution >= 0.6 is 11.6 Å². The molecule has 5 heteroatoms. The molecule has 0 saturated carbocycles. The molecular weight excluding hydrogens is 278 g/mol. The van der Waals surface area contributed by atoms with Gasteiger partial charge in [0.15, 0.2) is 0 Å². The third kappa shape index (κ3) is 3.15. The number of hydrogen-bond donors (Lipinski definition) is 0. The van der Waals surface area contributed by atoms with Gasteiger partial charge >= 0.3 is 0 Å². The van der Waals surface area contributed by atoms with E-state index in [0.29, 0.717) is 10.5 Å². The summed E-state index contributed by atoms with van der Waals surface area (Å²) in [7, 11) is -1.38. The average molecular weight is 287 g/mol. The lowest BCUT2D eigenvalue weighted by atomic mass is 10.2. The normalized spacial score (nSPS) is 12.4. The van der Waals surface area contributed by atoms with E-state index in [2.05, 4.69) is 0 Å². The predicted molar refractivity (Wildman–Crippen MR) is 67.9 cm³/mol. The van der Waals surface area contributed by atoms with Gasteiger partial charge in [0.25, 0.3) is 0 Å². The van der Waals surface area contributed by atoms with Crippen molar-refractivity contribution in [3.05, 3.63) is 64.7 Å². The van der Waals surface area contributed by atoms with Crippen molar-refractivity contribution < 1.29 is 13.0 Å². The minimum absolute atomic E-state index is 0.0104.